The molecule has 122 valence electrons. The van der Waals surface area contributed by atoms with Crippen molar-refractivity contribution in [2.75, 3.05) is 5.32 Å². The Morgan fingerprint density at radius 3 is 2.44 bits per heavy atom. The highest BCUT2D eigenvalue weighted by atomic mass is 16.1. The molecule has 5 nitrogen and oxygen atoms in total. The van der Waals surface area contributed by atoms with Crippen LogP contribution in [0.5, 0.6) is 0 Å². The average Bonchev–Trinajstić information content (AvgIpc) is 3.01. The Morgan fingerprint density at radius 1 is 0.920 bits per heavy atom. The summed E-state index contributed by atoms with van der Waals surface area (Å²) in [4.78, 5) is 21.0. The summed E-state index contributed by atoms with van der Waals surface area (Å²) in [5, 5.41) is 2.94. The van der Waals surface area contributed by atoms with E-state index in [0.29, 0.717) is 5.95 Å². The summed E-state index contributed by atoms with van der Waals surface area (Å²) in [6.45, 7) is 0. The Kier molecular flexibility index (Phi) is 3.96. The maximum Gasteiger partial charge on any atom is 0.231 e. The number of pyridine rings is 1. The molecule has 2 aromatic heterocycles. The molecule has 0 saturated carbocycles. The van der Waals surface area contributed by atoms with E-state index in [0.717, 1.165) is 22.3 Å². The van der Waals surface area contributed by atoms with Gasteiger partial charge in [0.25, 0.3) is 0 Å². The van der Waals surface area contributed by atoms with Crippen LogP contribution in [0.25, 0.3) is 16.7 Å². The first-order valence-electron chi connectivity index (χ1n) is 8.03. The third kappa shape index (κ3) is 3.12. The molecule has 0 fully saturated rings. The van der Waals surface area contributed by atoms with E-state index in [1.807, 2.05) is 71.3 Å². The van der Waals surface area contributed by atoms with Crippen molar-refractivity contribution in [3.05, 3.63) is 84.7 Å². The number of imidazole rings is 1. The molecule has 1 amide bonds. The van der Waals surface area contributed by atoms with Crippen molar-refractivity contribution in [1.29, 1.82) is 0 Å². The molecule has 25 heavy (non-hydrogen) atoms. The third-order valence-corrected chi connectivity index (χ3v) is 3.94. The van der Waals surface area contributed by atoms with E-state index in [-0.39, 0.29) is 12.3 Å². The lowest BCUT2D eigenvalue weighted by atomic mass is 10.2. The summed E-state index contributed by atoms with van der Waals surface area (Å²) < 4.78 is 1.96. The number of benzene rings is 2. The number of amides is 1. The average molecular weight is 328 g/mol. The van der Waals surface area contributed by atoms with Crippen LogP contribution in [0.1, 0.15) is 5.56 Å². The molecule has 1 N–H and O–H groups in total. The van der Waals surface area contributed by atoms with E-state index < -0.39 is 0 Å². The first kappa shape index (κ1) is 15.1. The highest BCUT2D eigenvalue weighted by molar-refractivity contribution is 5.93. The van der Waals surface area contributed by atoms with Gasteiger partial charge in [-0.05, 0) is 42.0 Å². The summed E-state index contributed by atoms with van der Waals surface area (Å²) >= 11 is 0. The maximum absolute atomic E-state index is 12.5. The predicted octanol–water partition coefficient (Wildman–Crippen LogP) is 3.60. The lowest BCUT2D eigenvalue weighted by molar-refractivity contribution is -0.115. The Hall–Kier alpha value is -3.47. The molecule has 2 heterocycles. The normalized spacial score (nSPS) is 10.7. The Labute approximate surface area is 145 Å². The minimum absolute atomic E-state index is 0.112. The smallest absolute Gasteiger partial charge is 0.231 e. The number of carbonyl (C=O) groups excluding carboxylic acids is 1. The van der Waals surface area contributed by atoms with Crippen LogP contribution in [0.2, 0.25) is 0 Å². The van der Waals surface area contributed by atoms with E-state index in [4.69, 9.17) is 0 Å². The number of rotatable bonds is 4. The van der Waals surface area contributed by atoms with Gasteiger partial charge in [0.1, 0.15) is 0 Å². The van der Waals surface area contributed by atoms with Gasteiger partial charge in [-0.3, -0.25) is 19.7 Å². The van der Waals surface area contributed by atoms with Gasteiger partial charge in [0.05, 0.1) is 17.5 Å². The van der Waals surface area contributed by atoms with Gasteiger partial charge in [-0.2, -0.15) is 0 Å². The summed E-state index contributed by atoms with van der Waals surface area (Å²) in [5.74, 6) is 0.408. The number of hydrogen-bond donors (Lipinski definition) is 1. The molecule has 0 spiro atoms. The van der Waals surface area contributed by atoms with Crippen molar-refractivity contribution in [1.82, 2.24) is 14.5 Å². The molecule has 0 atom stereocenters. The van der Waals surface area contributed by atoms with Crippen LogP contribution in [0.15, 0.2) is 79.1 Å². The molecular formula is C20H16N4O. The van der Waals surface area contributed by atoms with Gasteiger partial charge in [-0.1, -0.05) is 30.3 Å². The van der Waals surface area contributed by atoms with E-state index in [1.165, 1.54) is 0 Å². The fraction of sp³-hybridized carbons (Fsp3) is 0.0500. The van der Waals surface area contributed by atoms with Gasteiger partial charge in [-0.15, -0.1) is 0 Å². The number of hydrogen-bond acceptors (Lipinski definition) is 3. The number of fused-ring (bicyclic) bond motifs is 1. The minimum atomic E-state index is -0.112. The summed E-state index contributed by atoms with van der Waals surface area (Å²) in [6, 6.07) is 21.4. The zero-order valence-corrected chi connectivity index (χ0v) is 13.5. The molecule has 4 aromatic rings. The minimum Gasteiger partial charge on any atom is -0.295 e. The van der Waals surface area contributed by atoms with Crippen LogP contribution in [-0.2, 0) is 11.2 Å². The van der Waals surface area contributed by atoms with E-state index in [9.17, 15) is 4.79 Å². The lowest BCUT2D eigenvalue weighted by Crippen LogP contribution is -2.17. The summed E-state index contributed by atoms with van der Waals surface area (Å²) in [7, 11) is 0. The van der Waals surface area contributed by atoms with Crippen molar-refractivity contribution < 1.29 is 4.79 Å². The van der Waals surface area contributed by atoms with Crippen LogP contribution < -0.4 is 5.32 Å². The first-order chi connectivity index (χ1) is 12.3. The highest BCUT2D eigenvalue weighted by Crippen LogP contribution is 2.24. The van der Waals surface area contributed by atoms with Crippen molar-refractivity contribution >= 4 is 22.9 Å². The Balaban J connectivity index is 1.71. The zero-order chi connectivity index (χ0) is 17.1. The molecule has 0 aliphatic carbocycles. The molecule has 0 aliphatic heterocycles. The lowest BCUT2D eigenvalue weighted by Gasteiger charge is -2.10. The number of para-hydroxylation sites is 3. The zero-order valence-electron chi connectivity index (χ0n) is 13.5. The van der Waals surface area contributed by atoms with Crippen LogP contribution in [0.4, 0.5) is 5.95 Å². The molecule has 0 bridgehead atoms. The van der Waals surface area contributed by atoms with Crippen LogP contribution in [0, 0.1) is 0 Å². The third-order valence-electron chi connectivity index (χ3n) is 3.94. The molecule has 5 heteroatoms. The second-order valence-corrected chi connectivity index (χ2v) is 5.68. The van der Waals surface area contributed by atoms with Crippen LogP contribution in [0.3, 0.4) is 0 Å². The predicted molar refractivity (Wildman–Crippen MR) is 97.6 cm³/mol. The van der Waals surface area contributed by atoms with E-state index >= 15 is 0 Å². The summed E-state index contributed by atoms with van der Waals surface area (Å²) in [6.07, 6.45) is 3.64. The first-order valence-corrected chi connectivity index (χ1v) is 8.03. The van der Waals surface area contributed by atoms with Gasteiger partial charge in [-0.25, -0.2) is 4.98 Å². The van der Waals surface area contributed by atoms with Gasteiger partial charge >= 0.3 is 0 Å². The van der Waals surface area contributed by atoms with Crippen LogP contribution in [-0.4, -0.2) is 20.4 Å². The van der Waals surface area contributed by atoms with E-state index in [2.05, 4.69) is 15.3 Å². The van der Waals surface area contributed by atoms with Gasteiger partial charge < -0.3 is 0 Å². The number of nitrogens with zero attached hydrogens (tertiary/aromatic N) is 3. The second-order valence-electron chi connectivity index (χ2n) is 5.68. The highest BCUT2D eigenvalue weighted by Gasteiger charge is 2.14. The molecule has 0 radical (unpaired) electrons. The number of nitrogens with one attached hydrogen (secondary N) is 1. The fourth-order valence-electron chi connectivity index (χ4n) is 2.80. The monoisotopic (exact) mass is 328 g/mol. The molecule has 4 rings (SSSR count). The number of carbonyl (C=O) groups is 1. The number of anilines is 1. The number of aromatic nitrogens is 3. The van der Waals surface area contributed by atoms with E-state index in [1.54, 1.807) is 12.4 Å². The standard InChI is InChI=1S/C20H16N4O/c25-19(14-15-10-12-21-13-11-15)23-20-22-17-8-4-5-9-18(17)24(20)16-6-2-1-3-7-16/h1-13H,14H2,(H,22,23,25). The Morgan fingerprint density at radius 2 is 1.64 bits per heavy atom. The molecule has 0 aliphatic rings. The van der Waals surface area contributed by atoms with Gasteiger partial charge in [0.2, 0.25) is 11.9 Å². The van der Waals surface area contributed by atoms with Crippen molar-refractivity contribution in [2.45, 2.75) is 6.42 Å². The quantitative estimate of drug-likeness (QED) is 0.622. The fourth-order valence-corrected chi connectivity index (χ4v) is 2.80. The molecular weight excluding hydrogens is 312 g/mol. The summed E-state index contributed by atoms with van der Waals surface area (Å²) in [5.41, 5.74) is 3.66. The van der Waals surface area contributed by atoms with Crippen molar-refractivity contribution in [3.8, 4) is 5.69 Å². The SMILES string of the molecule is O=C(Cc1ccncc1)Nc1nc2ccccc2n1-c1ccccc1. The topological polar surface area (TPSA) is 59.8 Å². The largest absolute Gasteiger partial charge is 0.295 e. The van der Waals surface area contributed by atoms with Crippen molar-refractivity contribution in [3.63, 3.8) is 0 Å². The van der Waals surface area contributed by atoms with Crippen LogP contribution >= 0.6 is 0 Å². The van der Waals surface area contributed by atoms with Crippen molar-refractivity contribution in [2.24, 2.45) is 0 Å². The van der Waals surface area contributed by atoms with Gasteiger partial charge in [0, 0.05) is 18.1 Å². The molecule has 0 saturated heterocycles. The molecule has 2 aromatic carbocycles. The maximum atomic E-state index is 12.5. The second kappa shape index (κ2) is 6.57. The van der Waals surface area contributed by atoms with Gasteiger partial charge in [0.15, 0.2) is 0 Å². The Bertz CT molecular complexity index is 1010. The molecule has 0 unspecified atom stereocenters.